The number of piperidine rings is 1. The molecule has 1 aliphatic carbocycles. The number of aliphatic hydroxyl groups is 1. The van der Waals surface area contributed by atoms with Crippen LogP contribution in [0.3, 0.4) is 0 Å². The van der Waals surface area contributed by atoms with Crippen LogP contribution in [0.2, 0.25) is 0 Å². The quantitative estimate of drug-likeness (QED) is 0.476. The summed E-state index contributed by atoms with van der Waals surface area (Å²) < 4.78 is 5.27. The van der Waals surface area contributed by atoms with Gasteiger partial charge < -0.3 is 19.9 Å². The molecule has 1 aromatic heterocycles. The standard InChI is InChI=1S/C26H32N2O4/c1-3-13-28-14-12-25(21-5-4-6-23(29)16-21)17-22(9-11-26(25,31)18-28)27-24(30)8-7-20-10-15-32-19(20)2/h3-8,10,15-16,22,29,31H,1,9,11-14,17-18H2,2H3,(H,27,30)/b8-7+/t22-,25+,26+/m1/s1. The molecule has 0 bridgehead atoms. The zero-order valence-corrected chi connectivity index (χ0v) is 18.6. The fourth-order valence-corrected chi connectivity index (χ4v) is 5.51. The van der Waals surface area contributed by atoms with Gasteiger partial charge in [-0.3, -0.25) is 9.69 Å². The SMILES string of the molecule is C=CCN1CC[C@@]2(c3cccc(O)c3)C[C@H](NC(=O)/C=C/c3ccoc3C)CC[C@]2(O)C1. The van der Waals surface area contributed by atoms with E-state index in [1.807, 2.05) is 31.2 Å². The lowest BCUT2D eigenvalue weighted by atomic mass is 9.55. The van der Waals surface area contributed by atoms with Gasteiger partial charge in [0.1, 0.15) is 11.5 Å². The van der Waals surface area contributed by atoms with E-state index in [4.69, 9.17) is 4.42 Å². The molecule has 2 aromatic rings. The number of fused-ring (bicyclic) bond motifs is 1. The Balaban J connectivity index is 1.56. The van der Waals surface area contributed by atoms with Gasteiger partial charge in [-0.05, 0) is 69.0 Å². The molecular weight excluding hydrogens is 404 g/mol. The van der Waals surface area contributed by atoms with Crippen LogP contribution < -0.4 is 5.32 Å². The molecule has 0 radical (unpaired) electrons. The molecule has 1 amide bonds. The molecule has 1 aliphatic heterocycles. The Morgan fingerprint density at radius 3 is 2.94 bits per heavy atom. The number of carbonyl (C=O) groups excluding carboxylic acids is 1. The number of carbonyl (C=O) groups is 1. The second-order valence-corrected chi connectivity index (χ2v) is 9.15. The molecule has 0 spiro atoms. The number of aromatic hydroxyl groups is 1. The average Bonchev–Trinajstić information content (AvgIpc) is 3.17. The van der Waals surface area contributed by atoms with Crippen molar-refractivity contribution in [2.45, 2.75) is 49.7 Å². The molecule has 0 unspecified atom stereocenters. The van der Waals surface area contributed by atoms with Gasteiger partial charge in [0.25, 0.3) is 0 Å². The van der Waals surface area contributed by atoms with Crippen molar-refractivity contribution in [2.24, 2.45) is 0 Å². The van der Waals surface area contributed by atoms with E-state index >= 15 is 0 Å². The highest BCUT2D eigenvalue weighted by Crippen LogP contribution is 2.52. The minimum atomic E-state index is -0.937. The number of rotatable bonds is 6. The largest absolute Gasteiger partial charge is 0.508 e. The maximum atomic E-state index is 12.6. The van der Waals surface area contributed by atoms with Gasteiger partial charge in [0.15, 0.2) is 0 Å². The summed E-state index contributed by atoms with van der Waals surface area (Å²) in [5.41, 5.74) is 0.336. The first-order valence-corrected chi connectivity index (χ1v) is 11.2. The second-order valence-electron chi connectivity index (χ2n) is 9.15. The summed E-state index contributed by atoms with van der Waals surface area (Å²) in [6.45, 7) is 7.80. The maximum absolute atomic E-state index is 12.6. The molecule has 6 nitrogen and oxygen atoms in total. The van der Waals surface area contributed by atoms with E-state index in [0.717, 1.165) is 36.4 Å². The molecule has 1 aromatic carbocycles. The Morgan fingerprint density at radius 2 is 2.22 bits per heavy atom. The molecule has 3 N–H and O–H groups in total. The van der Waals surface area contributed by atoms with E-state index in [2.05, 4.69) is 16.8 Å². The summed E-state index contributed by atoms with van der Waals surface area (Å²) in [6.07, 6.45) is 9.40. The molecular formula is C26H32N2O4. The lowest BCUT2D eigenvalue weighted by molar-refractivity contribution is -0.130. The third-order valence-electron chi connectivity index (χ3n) is 7.18. The van der Waals surface area contributed by atoms with E-state index in [1.54, 1.807) is 24.5 Å². The van der Waals surface area contributed by atoms with Crippen LogP contribution in [0.1, 0.15) is 42.6 Å². The van der Waals surface area contributed by atoms with Gasteiger partial charge >= 0.3 is 0 Å². The lowest BCUT2D eigenvalue weighted by Gasteiger charge is -2.58. The van der Waals surface area contributed by atoms with Crippen molar-refractivity contribution in [3.8, 4) is 5.75 Å². The number of aryl methyl sites for hydroxylation is 1. The van der Waals surface area contributed by atoms with Gasteiger partial charge in [0, 0.05) is 36.2 Å². The van der Waals surface area contributed by atoms with E-state index < -0.39 is 11.0 Å². The minimum absolute atomic E-state index is 0.0637. The third-order valence-corrected chi connectivity index (χ3v) is 7.18. The van der Waals surface area contributed by atoms with Crippen LogP contribution in [0.15, 0.2) is 59.7 Å². The molecule has 3 atom stereocenters. The number of hydrogen-bond acceptors (Lipinski definition) is 5. The average molecular weight is 437 g/mol. The summed E-state index contributed by atoms with van der Waals surface area (Å²) in [7, 11) is 0. The highest BCUT2D eigenvalue weighted by Gasteiger charge is 2.57. The molecule has 2 aliphatic rings. The Morgan fingerprint density at radius 1 is 1.38 bits per heavy atom. The zero-order valence-electron chi connectivity index (χ0n) is 18.6. The van der Waals surface area contributed by atoms with Gasteiger partial charge in [-0.2, -0.15) is 0 Å². The summed E-state index contributed by atoms with van der Waals surface area (Å²) in [5, 5.41) is 25.2. The van der Waals surface area contributed by atoms with Crippen LogP contribution in [0.4, 0.5) is 0 Å². The van der Waals surface area contributed by atoms with Crippen molar-refractivity contribution in [1.29, 1.82) is 0 Å². The van der Waals surface area contributed by atoms with Gasteiger partial charge in [-0.25, -0.2) is 0 Å². The number of benzene rings is 1. The molecule has 1 saturated heterocycles. The predicted molar refractivity (Wildman–Crippen MR) is 124 cm³/mol. The van der Waals surface area contributed by atoms with Crippen LogP contribution in [-0.4, -0.2) is 52.3 Å². The van der Waals surface area contributed by atoms with Gasteiger partial charge in [-0.15, -0.1) is 6.58 Å². The highest BCUT2D eigenvalue weighted by atomic mass is 16.3. The molecule has 6 heteroatoms. The smallest absolute Gasteiger partial charge is 0.244 e. The molecule has 2 heterocycles. The molecule has 1 saturated carbocycles. The fraction of sp³-hybridized carbons (Fsp3) is 0.423. The zero-order chi connectivity index (χ0) is 22.8. The Bertz CT molecular complexity index is 1010. The van der Waals surface area contributed by atoms with Crippen molar-refractivity contribution in [1.82, 2.24) is 10.2 Å². The normalized spacial score (nSPS) is 28.4. The van der Waals surface area contributed by atoms with E-state index in [0.29, 0.717) is 25.8 Å². The lowest BCUT2D eigenvalue weighted by Crippen LogP contribution is -2.67. The first kappa shape index (κ1) is 22.4. The van der Waals surface area contributed by atoms with E-state index in [9.17, 15) is 15.0 Å². The van der Waals surface area contributed by atoms with Crippen LogP contribution in [0, 0.1) is 6.92 Å². The third kappa shape index (κ3) is 4.25. The molecule has 2 fully saturated rings. The van der Waals surface area contributed by atoms with Crippen LogP contribution in [0.25, 0.3) is 6.08 Å². The van der Waals surface area contributed by atoms with Crippen molar-refractivity contribution in [3.63, 3.8) is 0 Å². The Labute approximate surface area is 189 Å². The molecule has 32 heavy (non-hydrogen) atoms. The maximum Gasteiger partial charge on any atom is 0.244 e. The fourth-order valence-electron chi connectivity index (χ4n) is 5.51. The number of nitrogens with one attached hydrogen (secondary N) is 1. The van der Waals surface area contributed by atoms with Crippen LogP contribution in [-0.2, 0) is 10.2 Å². The minimum Gasteiger partial charge on any atom is -0.508 e. The van der Waals surface area contributed by atoms with Crippen molar-refractivity contribution < 1.29 is 19.4 Å². The first-order chi connectivity index (χ1) is 15.3. The Kier molecular flexibility index (Phi) is 6.26. The molecule has 4 rings (SSSR count). The first-order valence-electron chi connectivity index (χ1n) is 11.2. The Hall–Kier alpha value is -2.83. The summed E-state index contributed by atoms with van der Waals surface area (Å²) in [4.78, 5) is 14.9. The van der Waals surface area contributed by atoms with Gasteiger partial charge in [-0.1, -0.05) is 18.2 Å². The van der Waals surface area contributed by atoms with Gasteiger partial charge in [0.2, 0.25) is 5.91 Å². The predicted octanol–water partition coefficient (Wildman–Crippen LogP) is 3.54. The monoisotopic (exact) mass is 436 g/mol. The second kappa shape index (κ2) is 8.96. The highest BCUT2D eigenvalue weighted by molar-refractivity contribution is 5.92. The van der Waals surface area contributed by atoms with E-state index in [1.165, 1.54) is 6.08 Å². The van der Waals surface area contributed by atoms with Crippen molar-refractivity contribution in [2.75, 3.05) is 19.6 Å². The van der Waals surface area contributed by atoms with Crippen LogP contribution >= 0.6 is 0 Å². The number of furan rings is 1. The number of β-amino-alcohol motifs (C(OH)–C–C–N with tert-alkyl or cyclic N) is 1. The molecule has 170 valence electrons. The van der Waals surface area contributed by atoms with Gasteiger partial charge in [0.05, 0.1) is 11.9 Å². The number of nitrogens with zero attached hydrogens (tertiary/aromatic N) is 1. The number of hydrogen-bond donors (Lipinski definition) is 3. The summed E-state index contributed by atoms with van der Waals surface area (Å²) >= 11 is 0. The summed E-state index contributed by atoms with van der Waals surface area (Å²) in [6, 6.07) is 8.99. The number of phenolic OH excluding ortho intramolecular Hbond substituents is 1. The number of phenols is 1. The van der Waals surface area contributed by atoms with Crippen LogP contribution in [0.5, 0.6) is 5.75 Å². The number of likely N-dealkylation sites (tertiary alicyclic amines) is 1. The van der Waals surface area contributed by atoms with E-state index in [-0.39, 0.29) is 17.7 Å². The number of amides is 1. The van der Waals surface area contributed by atoms with Crippen molar-refractivity contribution in [3.05, 3.63) is 72.2 Å². The topological polar surface area (TPSA) is 85.9 Å². The van der Waals surface area contributed by atoms with Crippen molar-refractivity contribution >= 4 is 12.0 Å². The summed E-state index contributed by atoms with van der Waals surface area (Å²) in [5.74, 6) is 0.805.